The molecule has 0 fully saturated rings. The normalized spacial score (nSPS) is 9.21. The van der Waals surface area contributed by atoms with Crippen LogP contribution in [0.2, 0.25) is 0 Å². The first-order chi connectivity index (χ1) is 6.77. The largest absolute Gasteiger partial charge is 0.494 e. The van der Waals surface area contributed by atoms with Crippen molar-refractivity contribution in [3.05, 3.63) is 24.0 Å². The van der Waals surface area contributed by atoms with Crippen molar-refractivity contribution in [3.8, 4) is 18.1 Å². The molecule has 2 nitrogen and oxygen atoms in total. The molecular formula is C11H12FNO. The highest BCUT2D eigenvalue weighted by atomic mass is 19.1. The summed E-state index contributed by atoms with van der Waals surface area (Å²) >= 11 is 0. The third-order valence-corrected chi connectivity index (χ3v) is 1.75. The summed E-state index contributed by atoms with van der Waals surface area (Å²) in [5, 5.41) is 3.06. The highest BCUT2D eigenvalue weighted by molar-refractivity contribution is 5.56. The molecule has 0 aliphatic rings. The molecule has 0 amide bonds. The fraction of sp³-hybridized carbons (Fsp3) is 0.273. The van der Waals surface area contributed by atoms with Gasteiger partial charge in [-0.1, -0.05) is 0 Å². The Balaban J connectivity index is 2.71. The van der Waals surface area contributed by atoms with Gasteiger partial charge in [0.15, 0.2) is 0 Å². The maximum atomic E-state index is 12.8. The first kappa shape index (κ1) is 10.4. The Hall–Kier alpha value is -1.69. The molecule has 0 bridgehead atoms. The van der Waals surface area contributed by atoms with Crippen LogP contribution in [0, 0.1) is 18.2 Å². The van der Waals surface area contributed by atoms with Gasteiger partial charge in [0.1, 0.15) is 11.6 Å². The Morgan fingerprint density at radius 2 is 2.36 bits per heavy atom. The van der Waals surface area contributed by atoms with Crippen molar-refractivity contribution >= 4 is 5.69 Å². The summed E-state index contributed by atoms with van der Waals surface area (Å²) in [5.74, 6) is 2.68. The molecule has 1 aromatic carbocycles. The molecule has 1 aromatic rings. The average Bonchev–Trinajstić information content (AvgIpc) is 2.20. The molecular weight excluding hydrogens is 181 g/mol. The molecule has 3 heteroatoms. The molecule has 0 saturated carbocycles. The SMILES string of the molecule is C#CCCNc1ccc(F)cc1OC. The summed E-state index contributed by atoms with van der Waals surface area (Å²) in [4.78, 5) is 0. The number of nitrogens with one attached hydrogen (secondary N) is 1. The Morgan fingerprint density at radius 1 is 1.57 bits per heavy atom. The van der Waals surface area contributed by atoms with Crippen molar-refractivity contribution in [2.24, 2.45) is 0 Å². The second-order valence-corrected chi connectivity index (χ2v) is 2.73. The Labute approximate surface area is 83.1 Å². The molecule has 0 aromatic heterocycles. The molecule has 0 atom stereocenters. The number of anilines is 1. The van der Waals surface area contributed by atoms with Crippen LogP contribution in [0.3, 0.4) is 0 Å². The number of methoxy groups -OCH3 is 1. The van der Waals surface area contributed by atoms with Gasteiger partial charge in [-0.15, -0.1) is 12.3 Å². The van der Waals surface area contributed by atoms with E-state index in [2.05, 4.69) is 11.2 Å². The van der Waals surface area contributed by atoms with Gasteiger partial charge >= 0.3 is 0 Å². The van der Waals surface area contributed by atoms with E-state index in [1.165, 1.54) is 19.2 Å². The molecule has 74 valence electrons. The second kappa shape index (κ2) is 5.13. The average molecular weight is 193 g/mol. The standard InChI is InChI=1S/C11H12FNO/c1-3-4-7-13-10-6-5-9(12)8-11(10)14-2/h1,5-6,8,13H,4,7H2,2H3. The fourth-order valence-corrected chi connectivity index (χ4v) is 1.08. The van der Waals surface area contributed by atoms with Gasteiger partial charge in [0.2, 0.25) is 0 Å². The summed E-state index contributed by atoms with van der Waals surface area (Å²) in [6.45, 7) is 0.651. The van der Waals surface area contributed by atoms with Crippen LogP contribution in [0.5, 0.6) is 5.75 Å². The third kappa shape index (κ3) is 2.67. The molecule has 0 heterocycles. The topological polar surface area (TPSA) is 21.3 Å². The quantitative estimate of drug-likeness (QED) is 0.585. The lowest BCUT2D eigenvalue weighted by atomic mass is 10.2. The zero-order chi connectivity index (χ0) is 10.4. The van der Waals surface area contributed by atoms with Crippen LogP contribution in [0.15, 0.2) is 18.2 Å². The Morgan fingerprint density at radius 3 is 3.00 bits per heavy atom. The van der Waals surface area contributed by atoms with Gasteiger partial charge in [-0.25, -0.2) is 4.39 Å². The van der Waals surface area contributed by atoms with Crippen LogP contribution in [0.25, 0.3) is 0 Å². The van der Waals surface area contributed by atoms with Crippen LogP contribution in [0.4, 0.5) is 10.1 Å². The van der Waals surface area contributed by atoms with E-state index in [1.807, 2.05) is 0 Å². The van der Waals surface area contributed by atoms with Crippen molar-refractivity contribution in [1.29, 1.82) is 0 Å². The molecule has 0 aliphatic carbocycles. The van der Waals surface area contributed by atoms with E-state index in [4.69, 9.17) is 11.2 Å². The summed E-state index contributed by atoms with van der Waals surface area (Å²) < 4.78 is 17.8. The smallest absolute Gasteiger partial charge is 0.144 e. The van der Waals surface area contributed by atoms with Crippen LogP contribution < -0.4 is 10.1 Å². The highest BCUT2D eigenvalue weighted by Gasteiger charge is 2.02. The predicted octanol–water partition coefficient (Wildman–Crippen LogP) is 2.27. The second-order valence-electron chi connectivity index (χ2n) is 2.73. The maximum absolute atomic E-state index is 12.8. The van der Waals surface area contributed by atoms with Crippen molar-refractivity contribution in [1.82, 2.24) is 0 Å². The van der Waals surface area contributed by atoms with E-state index in [0.29, 0.717) is 18.7 Å². The number of hydrogen-bond donors (Lipinski definition) is 1. The van der Waals surface area contributed by atoms with Gasteiger partial charge in [0, 0.05) is 19.0 Å². The van der Waals surface area contributed by atoms with Gasteiger partial charge in [-0.3, -0.25) is 0 Å². The molecule has 0 radical (unpaired) electrons. The van der Waals surface area contributed by atoms with Gasteiger partial charge in [0.05, 0.1) is 12.8 Å². The first-order valence-electron chi connectivity index (χ1n) is 4.29. The third-order valence-electron chi connectivity index (χ3n) is 1.75. The highest BCUT2D eigenvalue weighted by Crippen LogP contribution is 2.24. The lowest BCUT2D eigenvalue weighted by molar-refractivity contribution is 0.413. The number of rotatable bonds is 4. The van der Waals surface area contributed by atoms with Crippen molar-refractivity contribution in [3.63, 3.8) is 0 Å². The lowest BCUT2D eigenvalue weighted by Gasteiger charge is -2.09. The predicted molar refractivity (Wildman–Crippen MR) is 54.9 cm³/mol. The fourth-order valence-electron chi connectivity index (χ4n) is 1.08. The maximum Gasteiger partial charge on any atom is 0.144 e. The summed E-state index contributed by atoms with van der Waals surface area (Å²) in [6.07, 6.45) is 5.73. The minimum Gasteiger partial charge on any atom is -0.494 e. The monoisotopic (exact) mass is 193 g/mol. The van der Waals surface area contributed by atoms with Crippen molar-refractivity contribution < 1.29 is 9.13 Å². The summed E-state index contributed by atoms with van der Waals surface area (Å²) in [6, 6.07) is 4.34. The van der Waals surface area contributed by atoms with Gasteiger partial charge < -0.3 is 10.1 Å². The molecule has 14 heavy (non-hydrogen) atoms. The van der Waals surface area contributed by atoms with Crippen molar-refractivity contribution in [2.75, 3.05) is 19.0 Å². The van der Waals surface area contributed by atoms with E-state index >= 15 is 0 Å². The molecule has 1 rings (SSSR count). The summed E-state index contributed by atoms with van der Waals surface area (Å²) in [5.41, 5.74) is 0.754. The number of benzene rings is 1. The number of hydrogen-bond acceptors (Lipinski definition) is 2. The Kier molecular flexibility index (Phi) is 3.81. The van der Waals surface area contributed by atoms with E-state index in [0.717, 1.165) is 5.69 Å². The first-order valence-corrected chi connectivity index (χ1v) is 4.29. The minimum atomic E-state index is -0.315. The molecule has 0 saturated heterocycles. The number of terminal acetylenes is 1. The van der Waals surface area contributed by atoms with E-state index in [9.17, 15) is 4.39 Å². The molecule has 0 unspecified atom stereocenters. The Bertz CT molecular complexity index is 344. The van der Waals surface area contributed by atoms with Gasteiger partial charge in [-0.05, 0) is 12.1 Å². The van der Waals surface area contributed by atoms with E-state index in [-0.39, 0.29) is 5.82 Å². The molecule has 0 aliphatic heterocycles. The zero-order valence-corrected chi connectivity index (χ0v) is 8.01. The minimum absolute atomic E-state index is 0.315. The van der Waals surface area contributed by atoms with Crippen LogP contribution in [-0.4, -0.2) is 13.7 Å². The zero-order valence-electron chi connectivity index (χ0n) is 8.01. The van der Waals surface area contributed by atoms with Crippen LogP contribution in [-0.2, 0) is 0 Å². The number of halogens is 1. The summed E-state index contributed by atoms with van der Waals surface area (Å²) in [7, 11) is 1.50. The van der Waals surface area contributed by atoms with E-state index in [1.54, 1.807) is 6.07 Å². The van der Waals surface area contributed by atoms with E-state index < -0.39 is 0 Å². The van der Waals surface area contributed by atoms with Crippen LogP contribution in [0.1, 0.15) is 6.42 Å². The van der Waals surface area contributed by atoms with Crippen LogP contribution >= 0.6 is 0 Å². The van der Waals surface area contributed by atoms with Crippen molar-refractivity contribution in [2.45, 2.75) is 6.42 Å². The molecule has 0 spiro atoms. The number of ether oxygens (including phenoxy) is 1. The molecule has 1 N–H and O–H groups in total. The van der Waals surface area contributed by atoms with Gasteiger partial charge in [0.25, 0.3) is 0 Å². The lowest BCUT2D eigenvalue weighted by Crippen LogP contribution is -2.02. The van der Waals surface area contributed by atoms with Gasteiger partial charge in [-0.2, -0.15) is 0 Å².